The maximum Gasteiger partial charge on any atom is 0.250 e. The Bertz CT molecular complexity index is 863. The molecule has 1 fully saturated rings. The number of primary amides is 1. The summed E-state index contributed by atoms with van der Waals surface area (Å²) in [6.07, 6.45) is 3.17. The van der Waals surface area contributed by atoms with Crippen molar-refractivity contribution in [2.75, 3.05) is 18.4 Å². The second-order valence-electron chi connectivity index (χ2n) is 7.14. The Hall–Kier alpha value is -2.74. The Kier molecular flexibility index (Phi) is 5.27. The lowest BCUT2D eigenvalue weighted by Gasteiger charge is -2.36. The van der Waals surface area contributed by atoms with Gasteiger partial charge in [0.1, 0.15) is 19.8 Å². The number of anilines is 1. The predicted molar refractivity (Wildman–Crippen MR) is 105 cm³/mol. The van der Waals surface area contributed by atoms with Crippen molar-refractivity contribution in [3.63, 3.8) is 0 Å². The highest BCUT2D eigenvalue weighted by atomic mass is 19.1. The summed E-state index contributed by atoms with van der Waals surface area (Å²) in [5.74, 6) is -1.49. The lowest BCUT2D eigenvalue weighted by molar-refractivity contribution is -0.114. The smallest absolute Gasteiger partial charge is 0.250 e. The molecule has 0 saturated carbocycles. The monoisotopic (exact) mass is 370 g/mol. The highest BCUT2D eigenvalue weighted by molar-refractivity contribution is 6.28. The lowest BCUT2D eigenvalue weighted by Crippen LogP contribution is -2.48. The van der Waals surface area contributed by atoms with Crippen LogP contribution >= 0.6 is 0 Å². The molecule has 2 aliphatic rings. The number of nitrogens with one attached hydrogen (secondary N) is 3. The molecule has 1 saturated heterocycles. The van der Waals surface area contributed by atoms with E-state index in [9.17, 15) is 13.6 Å². The molecule has 0 aromatic heterocycles. The van der Waals surface area contributed by atoms with Crippen molar-refractivity contribution in [3.8, 4) is 0 Å². The summed E-state index contributed by atoms with van der Waals surface area (Å²) in [6, 6.07) is 7.55. The zero-order valence-corrected chi connectivity index (χ0v) is 15.0. The Morgan fingerprint density at radius 2 is 2.07 bits per heavy atom. The van der Waals surface area contributed by atoms with Crippen molar-refractivity contribution in [3.05, 3.63) is 65.2 Å². The molecule has 0 spiro atoms. The van der Waals surface area contributed by atoms with Crippen LogP contribution in [-0.2, 0) is 10.1 Å². The van der Waals surface area contributed by atoms with E-state index in [-0.39, 0.29) is 22.2 Å². The Balaban J connectivity index is 1.74. The summed E-state index contributed by atoms with van der Waals surface area (Å²) in [7, 11) is 2.03. The van der Waals surface area contributed by atoms with Gasteiger partial charge in [0, 0.05) is 24.0 Å². The van der Waals surface area contributed by atoms with Crippen molar-refractivity contribution in [2.45, 2.75) is 17.9 Å². The minimum absolute atomic E-state index is 0.136. The quantitative estimate of drug-likeness (QED) is 0.605. The molecule has 0 bridgehead atoms. The molecule has 1 heterocycles. The molecule has 140 valence electrons. The van der Waals surface area contributed by atoms with Crippen LogP contribution < -0.4 is 16.4 Å². The first-order valence-electron chi connectivity index (χ1n) is 8.68. The van der Waals surface area contributed by atoms with Crippen LogP contribution in [0.4, 0.5) is 14.5 Å². The number of benzene rings is 1. The largest absolute Gasteiger partial charge is 0.366 e. The molecule has 5 nitrogen and oxygen atoms in total. The highest BCUT2D eigenvalue weighted by Crippen LogP contribution is 2.30. The van der Waals surface area contributed by atoms with Crippen LogP contribution in [0.5, 0.6) is 0 Å². The minimum Gasteiger partial charge on any atom is -0.366 e. The maximum atomic E-state index is 13.8. The average Bonchev–Trinajstić information content (AvgIpc) is 2.62. The summed E-state index contributed by atoms with van der Waals surface area (Å²) < 4.78 is 27.4. The molecule has 1 aliphatic heterocycles. The van der Waals surface area contributed by atoms with Crippen LogP contribution in [-0.4, -0.2) is 38.7 Å². The maximum absolute atomic E-state index is 13.8. The van der Waals surface area contributed by atoms with Crippen molar-refractivity contribution in [1.29, 1.82) is 5.41 Å². The summed E-state index contributed by atoms with van der Waals surface area (Å²) in [6.45, 7) is 1.11. The standard InChI is InChI=1S/C19H21BF2N4O/c20-19(7-14(22)9-25-10-19)12-1-3-15(4-2-12)26-8-11-5-13(21)6-16(17(11)23)18(24)27/h1-6,8,14,23,25-26H,7,9-10,20H2,(H2,24,27)/b11-8-,23-17?. The van der Waals surface area contributed by atoms with Gasteiger partial charge in [-0.15, -0.1) is 0 Å². The number of rotatable bonds is 4. The third kappa shape index (κ3) is 4.16. The summed E-state index contributed by atoms with van der Waals surface area (Å²) in [5, 5.41) is 13.8. The SMILES string of the molecule is BC1(c2ccc(N/C=C3/C=C(F)C=C(C(N)=O)C3=N)cc2)CNCC(F)C1. The van der Waals surface area contributed by atoms with Crippen LogP contribution in [0.3, 0.4) is 0 Å². The number of halogens is 2. The average molecular weight is 370 g/mol. The predicted octanol–water partition coefficient (Wildman–Crippen LogP) is 1.44. The molecule has 1 aromatic carbocycles. The van der Waals surface area contributed by atoms with E-state index in [1.54, 1.807) is 0 Å². The Morgan fingerprint density at radius 1 is 1.37 bits per heavy atom. The molecule has 3 rings (SSSR count). The van der Waals surface area contributed by atoms with Crippen LogP contribution in [0, 0.1) is 5.41 Å². The van der Waals surface area contributed by atoms with Crippen LogP contribution in [0.2, 0.25) is 0 Å². The van der Waals surface area contributed by atoms with Crippen molar-refractivity contribution < 1.29 is 13.6 Å². The van der Waals surface area contributed by atoms with Gasteiger partial charge in [-0.25, -0.2) is 8.78 Å². The Morgan fingerprint density at radius 3 is 2.70 bits per heavy atom. The van der Waals surface area contributed by atoms with Gasteiger partial charge in [0.2, 0.25) is 0 Å². The molecular formula is C19H21BF2N4O. The van der Waals surface area contributed by atoms with Gasteiger partial charge in [-0.05, 0) is 48.1 Å². The fraction of sp³-hybridized carbons (Fsp3) is 0.263. The van der Waals surface area contributed by atoms with Crippen molar-refractivity contribution >= 4 is 25.2 Å². The Labute approximate surface area is 157 Å². The number of carbonyl (C=O) groups is 1. The highest BCUT2D eigenvalue weighted by Gasteiger charge is 2.33. The fourth-order valence-electron chi connectivity index (χ4n) is 3.42. The summed E-state index contributed by atoms with van der Waals surface area (Å²) in [4.78, 5) is 11.3. The van der Waals surface area contributed by atoms with Crippen LogP contribution in [0.25, 0.3) is 0 Å². The molecule has 2 unspecified atom stereocenters. The fourth-order valence-corrected chi connectivity index (χ4v) is 3.42. The molecule has 1 amide bonds. The first kappa shape index (κ1) is 19.0. The number of hydrogen-bond donors (Lipinski definition) is 4. The molecule has 5 N–H and O–H groups in total. The van der Waals surface area contributed by atoms with Crippen LogP contribution in [0.1, 0.15) is 12.0 Å². The van der Waals surface area contributed by atoms with Gasteiger partial charge < -0.3 is 16.4 Å². The third-order valence-electron chi connectivity index (χ3n) is 4.93. The molecule has 2 atom stereocenters. The van der Waals surface area contributed by atoms with Gasteiger partial charge in [-0.1, -0.05) is 12.1 Å². The summed E-state index contributed by atoms with van der Waals surface area (Å²) in [5.41, 5.74) is 6.85. The molecule has 8 heteroatoms. The number of hydrogen-bond acceptors (Lipinski definition) is 4. The van der Waals surface area contributed by atoms with E-state index in [0.717, 1.165) is 23.4 Å². The lowest BCUT2D eigenvalue weighted by atomic mass is 9.60. The van der Waals surface area contributed by atoms with E-state index in [0.29, 0.717) is 19.5 Å². The molecular weight excluding hydrogens is 349 g/mol. The van der Waals surface area contributed by atoms with Gasteiger partial charge >= 0.3 is 0 Å². The van der Waals surface area contributed by atoms with E-state index in [2.05, 4.69) is 10.6 Å². The number of piperidine rings is 1. The number of nitrogens with two attached hydrogens (primary N) is 1. The van der Waals surface area contributed by atoms with Gasteiger partial charge in [0.05, 0.1) is 11.3 Å². The normalized spacial score (nSPS) is 27.1. The molecule has 1 aromatic rings. The zero-order chi connectivity index (χ0) is 19.6. The third-order valence-corrected chi connectivity index (χ3v) is 4.93. The first-order chi connectivity index (χ1) is 12.8. The second-order valence-corrected chi connectivity index (χ2v) is 7.14. The molecule has 27 heavy (non-hydrogen) atoms. The van der Waals surface area contributed by atoms with Gasteiger partial charge in [-0.2, -0.15) is 0 Å². The molecule has 1 aliphatic carbocycles. The van der Waals surface area contributed by atoms with E-state index in [1.807, 2.05) is 32.1 Å². The van der Waals surface area contributed by atoms with E-state index in [4.69, 9.17) is 11.1 Å². The van der Waals surface area contributed by atoms with E-state index in [1.165, 1.54) is 6.20 Å². The number of alkyl halides is 1. The number of allylic oxidation sites excluding steroid dienone is 4. The number of carbonyl (C=O) groups excluding carboxylic acids is 1. The number of amides is 1. The first-order valence-corrected chi connectivity index (χ1v) is 8.68. The second kappa shape index (κ2) is 7.48. The van der Waals surface area contributed by atoms with Crippen LogP contribution in [0.15, 0.2) is 59.6 Å². The molecule has 0 radical (unpaired) electrons. The van der Waals surface area contributed by atoms with E-state index < -0.39 is 17.9 Å². The van der Waals surface area contributed by atoms with Gasteiger partial charge in [0.15, 0.2) is 0 Å². The topological polar surface area (TPSA) is 91.0 Å². The van der Waals surface area contributed by atoms with Crippen molar-refractivity contribution in [2.24, 2.45) is 5.73 Å². The van der Waals surface area contributed by atoms with Gasteiger partial charge in [-0.3, -0.25) is 10.2 Å². The van der Waals surface area contributed by atoms with E-state index >= 15 is 0 Å². The van der Waals surface area contributed by atoms with Crippen molar-refractivity contribution in [1.82, 2.24) is 5.32 Å². The minimum atomic E-state index is -0.863. The summed E-state index contributed by atoms with van der Waals surface area (Å²) >= 11 is 0. The van der Waals surface area contributed by atoms with Gasteiger partial charge in [0.25, 0.3) is 5.91 Å². The zero-order valence-electron chi connectivity index (χ0n) is 15.0.